The van der Waals surface area contributed by atoms with Gasteiger partial charge in [-0.2, -0.15) is 13.2 Å². The Balaban J connectivity index is 1.97. The first-order valence-electron chi connectivity index (χ1n) is 10.9. The van der Waals surface area contributed by atoms with Crippen molar-refractivity contribution in [2.45, 2.75) is 36.5 Å². The lowest BCUT2D eigenvalue weighted by molar-refractivity contribution is -0.137. The van der Waals surface area contributed by atoms with E-state index in [1.54, 1.807) is 48.5 Å². The van der Waals surface area contributed by atoms with Crippen molar-refractivity contribution < 1.29 is 18.0 Å². The number of alkyl halides is 3. The fourth-order valence-corrected chi connectivity index (χ4v) is 4.80. The summed E-state index contributed by atoms with van der Waals surface area (Å²) in [6, 6.07) is 20.0. The van der Waals surface area contributed by atoms with Crippen molar-refractivity contribution in [1.29, 1.82) is 0 Å². The molecule has 0 fully saturated rings. The summed E-state index contributed by atoms with van der Waals surface area (Å²) in [4.78, 5) is 31.2. The Morgan fingerprint density at radius 3 is 2.26 bits per heavy atom. The Bertz CT molecular complexity index is 1420. The number of hydrogen-bond acceptors (Lipinski definition) is 4. The van der Waals surface area contributed by atoms with E-state index in [4.69, 9.17) is 0 Å². The van der Waals surface area contributed by atoms with Gasteiger partial charge in [0.05, 0.1) is 22.2 Å². The van der Waals surface area contributed by atoms with Gasteiger partial charge in [-0.25, -0.2) is 4.98 Å². The van der Waals surface area contributed by atoms with Gasteiger partial charge in [0.15, 0.2) is 5.16 Å². The second-order valence-corrected chi connectivity index (χ2v) is 9.21. The maximum atomic E-state index is 13.9. The van der Waals surface area contributed by atoms with E-state index in [0.29, 0.717) is 11.1 Å². The third-order valence-electron chi connectivity index (χ3n) is 5.19. The Kier molecular flexibility index (Phi) is 6.98. The number of fused-ring (bicyclic) bond motifs is 1. The third-order valence-corrected chi connectivity index (χ3v) is 6.40. The van der Waals surface area contributed by atoms with Gasteiger partial charge < -0.3 is 5.32 Å². The van der Waals surface area contributed by atoms with Crippen LogP contribution in [0.5, 0.6) is 0 Å². The maximum absolute atomic E-state index is 13.9. The Labute approximate surface area is 204 Å². The average molecular weight is 498 g/mol. The molecule has 3 aromatic carbocycles. The van der Waals surface area contributed by atoms with Crippen molar-refractivity contribution in [3.05, 3.63) is 100 Å². The van der Waals surface area contributed by atoms with Crippen molar-refractivity contribution in [3.63, 3.8) is 0 Å². The molecule has 0 aliphatic carbocycles. The van der Waals surface area contributed by atoms with Crippen LogP contribution in [0.15, 0.2) is 88.8 Å². The minimum Gasteiger partial charge on any atom is -0.353 e. The number of halogens is 3. The van der Waals surface area contributed by atoms with Gasteiger partial charge in [0.25, 0.3) is 5.56 Å². The van der Waals surface area contributed by atoms with Gasteiger partial charge in [-0.15, -0.1) is 0 Å². The van der Waals surface area contributed by atoms with E-state index in [2.05, 4.69) is 10.3 Å². The highest BCUT2D eigenvalue weighted by Crippen LogP contribution is 2.38. The minimum absolute atomic E-state index is 0.0156. The monoisotopic (exact) mass is 497 g/mol. The van der Waals surface area contributed by atoms with E-state index >= 15 is 0 Å². The molecule has 4 aromatic rings. The van der Waals surface area contributed by atoms with Crippen LogP contribution < -0.4 is 10.9 Å². The van der Waals surface area contributed by atoms with Crippen molar-refractivity contribution in [2.75, 3.05) is 0 Å². The van der Waals surface area contributed by atoms with E-state index in [-0.39, 0.29) is 28.2 Å². The molecule has 1 N–H and O–H groups in total. The fraction of sp³-hybridized carbons (Fsp3) is 0.192. The molecular formula is C26H22F3N3O2S. The summed E-state index contributed by atoms with van der Waals surface area (Å²) in [6.07, 6.45) is -4.70. The number of para-hydroxylation sites is 2. The van der Waals surface area contributed by atoms with Gasteiger partial charge >= 0.3 is 6.18 Å². The first-order chi connectivity index (χ1) is 16.7. The first kappa shape index (κ1) is 24.5. The molecule has 0 aliphatic rings. The molecule has 0 saturated carbocycles. The highest BCUT2D eigenvalue weighted by atomic mass is 32.2. The summed E-state index contributed by atoms with van der Waals surface area (Å²) >= 11 is 0.934. The molecule has 1 aromatic heterocycles. The second-order valence-electron chi connectivity index (χ2n) is 8.14. The fourth-order valence-electron chi connectivity index (χ4n) is 3.68. The number of nitrogens with one attached hydrogen (secondary N) is 1. The minimum atomic E-state index is -4.70. The van der Waals surface area contributed by atoms with E-state index in [9.17, 15) is 22.8 Å². The molecule has 1 heterocycles. The number of benzene rings is 3. The summed E-state index contributed by atoms with van der Waals surface area (Å²) in [5.41, 5.74) is -0.998. The molecule has 0 spiro atoms. The molecule has 0 radical (unpaired) electrons. The van der Waals surface area contributed by atoms with Crippen LogP contribution in [0.1, 0.15) is 30.2 Å². The molecule has 0 bridgehead atoms. The largest absolute Gasteiger partial charge is 0.418 e. The summed E-state index contributed by atoms with van der Waals surface area (Å²) in [5.74, 6) is -0.339. The van der Waals surface area contributed by atoms with Crippen LogP contribution in [0, 0.1) is 0 Å². The number of amides is 1. The summed E-state index contributed by atoms with van der Waals surface area (Å²) in [5, 5.41) is 2.16. The van der Waals surface area contributed by atoms with Crippen molar-refractivity contribution in [1.82, 2.24) is 14.9 Å². The summed E-state index contributed by atoms with van der Waals surface area (Å²) < 4.78 is 42.7. The quantitative estimate of drug-likeness (QED) is 0.272. The van der Waals surface area contributed by atoms with Crippen LogP contribution in [-0.4, -0.2) is 21.5 Å². The zero-order valence-corrected chi connectivity index (χ0v) is 19.7. The van der Waals surface area contributed by atoms with Crippen molar-refractivity contribution in [2.24, 2.45) is 0 Å². The van der Waals surface area contributed by atoms with Crippen LogP contribution in [0.4, 0.5) is 13.2 Å². The van der Waals surface area contributed by atoms with Crippen LogP contribution >= 0.6 is 11.8 Å². The van der Waals surface area contributed by atoms with Gasteiger partial charge in [0, 0.05) is 6.04 Å². The zero-order chi connectivity index (χ0) is 25.2. The van der Waals surface area contributed by atoms with Crippen LogP contribution in [-0.2, 0) is 11.0 Å². The van der Waals surface area contributed by atoms with Crippen molar-refractivity contribution >= 4 is 28.6 Å². The van der Waals surface area contributed by atoms with Crippen molar-refractivity contribution in [3.8, 4) is 5.69 Å². The van der Waals surface area contributed by atoms with Gasteiger partial charge in [-0.3, -0.25) is 14.2 Å². The highest BCUT2D eigenvalue weighted by Gasteiger charge is 2.35. The molecule has 4 rings (SSSR count). The van der Waals surface area contributed by atoms with Crippen LogP contribution in [0.3, 0.4) is 0 Å². The number of thioether (sulfide) groups is 1. The summed E-state index contributed by atoms with van der Waals surface area (Å²) in [6.45, 7) is 3.63. The number of hydrogen-bond donors (Lipinski definition) is 1. The Hall–Kier alpha value is -3.59. The first-order valence-corrected chi connectivity index (χ1v) is 11.7. The molecule has 5 nitrogen and oxygen atoms in total. The predicted molar refractivity (Wildman–Crippen MR) is 131 cm³/mol. The Morgan fingerprint density at radius 1 is 0.943 bits per heavy atom. The lowest BCUT2D eigenvalue weighted by Crippen LogP contribution is -2.34. The van der Waals surface area contributed by atoms with Crippen LogP contribution in [0.25, 0.3) is 16.6 Å². The molecule has 9 heteroatoms. The molecule has 35 heavy (non-hydrogen) atoms. The number of aromatic nitrogens is 2. The molecule has 1 unspecified atom stereocenters. The zero-order valence-electron chi connectivity index (χ0n) is 18.9. The highest BCUT2D eigenvalue weighted by molar-refractivity contribution is 8.00. The average Bonchev–Trinajstić information content (AvgIpc) is 2.82. The maximum Gasteiger partial charge on any atom is 0.418 e. The van der Waals surface area contributed by atoms with Gasteiger partial charge in [0.2, 0.25) is 5.91 Å². The number of rotatable bonds is 6. The normalized spacial score (nSPS) is 12.6. The third kappa shape index (κ3) is 5.24. The van der Waals surface area contributed by atoms with Gasteiger partial charge in [-0.1, -0.05) is 66.4 Å². The van der Waals surface area contributed by atoms with Gasteiger partial charge in [-0.05, 0) is 43.7 Å². The predicted octanol–water partition coefficient (Wildman–Crippen LogP) is 5.76. The van der Waals surface area contributed by atoms with E-state index in [0.717, 1.165) is 22.4 Å². The topological polar surface area (TPSA) is 64.0 Å². The standard InChI is InChI=1S/C26H22F3N3O2S/c1-16(2)30-23(33)22(17-10-4-3-5-11-17)35-25-31-20-14-8-6-12-18(20)24(34)32(25)21-15-9-7-13-19(21)26(27,28)29/h3-16,22H,1-2H3,(H,30,33). The number of carbonyl (C=O) groups excluding carboxylic acids is 1. The molecule has 0 saturated heterocycles. The van der Waals surface area contributed by atoms with E-state index in [1.165, 1.54) is 24.3 Å². The summed E-state index contributed by atoms with van der Waals surface area (Å²) in [7, 11) is 0. The molecule has 1 amide bonds. The second kappa shape index (κ2) is 9.95. The molecule has 180 valence electrons. The Morgan fingerprint density at radius 2 is 1.57 bits per heavy atom. The SMILES string of the molecule is CC(C)NC(=O)C(Sc1nc2ccccc2c(=O)n1-c1ccccc1C(F)(F)F)c1ccccc1. The smallest absolute Gasteiger partial charge is 0.353 e. The van der Waals surface area contributed by atoms with Crippen LogP contribution in [0.2, 0.25) is 0 Å². The van der Waals surface area contributed by atoms with E-state index in [1.807, 2.05) is 13.8 Å². The number of carbonyl (C=O) groups is 1. The lowest BCUT2D eigenvalue weighted by atomic mass is 10.1. The number of nitrogens with zero attached hydrogens (tertiary/aromatic N) is 2. The lowest BCUT2D eigenvalue weighted by Gasteiger charge is -2.22. The molecule has 1 atom stereocenters. The molecular weight excluding hydrogens is 475 g/mol. The van der Waals surface area contributed by atoms with E-state index < -0.39 is 22.5 Å². The molecule has 0 aliphatic heterocycles. The van der Waals surface area contributed by atoms with Gasteiger partial charge in [0.1, 0.15) is 5.25 Å².